The predicted octanol–water partition coefficient (Wildman–Crippen LogP) is 1.81. The molecule has 5 heteroatoms. The van der Waals surface area contributed by atoms with Crippen LogP contribution in [0.4, 0.5) is 5.69 Å². The summed E-state index contributed by atoms with van der Waals surface area (Å²) in [6, 6.07) is 8.53. The van der Waals surface area contributed by atoms with Crippen molar-refractivity contribution in [2.75, 3.05) is 30.0 Å². The monoisotopic (exact) mass is 296 g/mol. The molecule has 1 aromatic carbocycles. The van der Waals surface area contributed by atoms with E-state index < -0.39 is 9.84 Å². The molecule has 1 saturated heterocycles. The highest BCUT2D eigenvalue weighted by Gasteiger charge is 2.12. The van der Waals surface area contributed by atoms with Crippen molar-refractivity contribution in [3.63, 3.8) is 0 Å². The highest BCUT2D eigenvalue weighted by Crippen LogP contribution is 2.20. The number of hydrogen-bond donors (Lipinski definition) is 1. The Hall–Kier alpha value is -1.07. The first-order chi connectivity index (χ1) is 9.44. The second kappa shape index (κ2) is 6.59. The van der Waals surface area contributed by atoms with Gasteiger partial charge in [0, 0.05) is 37.6 Å². The first-order valence-corrected chi connectivity index (χ1v) is 9.25. The summed E-state index contributed by atoms with van der Waals surface area (Å²) in [6.07, 6.45) is 3.84. The van der Waals surface area contributed by atoms with E-state index >= 15 is 0 Å². The van der Waals surface area contributed by atoms with Crippen molar-refractivity contribution in [3.05, 3.63) is 29.8 Å². The maximum Gasteiger partial charge on any atom is 0.148 e. The molecular weight excluding hydrogens is 272 g/mol. The van der Waals surface area contributed by atoms with Crippen LogP contribution in [-0.2, 0) is 16.4 Å². The Labute approximate surface area is 122 Å². The predicted molar refractivity (Wildman–Crippen MR) is 83.9 cm³/mol. The van der Waals surface area contributed by atoms with Crippen LogP contribution in [0.1, 0.15) is 25.3 Å². The maximum absolute atomic E-state index is 11.2. The quantitative estimate of drug-likeness (QED) is 0.870. The van der Waals surface area contributed by atoms with Gasteiger partial charge in [-0.05, 0) is 37.5 Å². The Morgan fingerprint density at radius 3 is 2.35 bits per heavy atom. The van der Waals surface area contributed by atoms with Gasteiger partial charge in [0.05, 0.1) is 5.75 Å². The Bertz CT molecular complexity index is 519. The van der Waals surface area contributed by atoms with E-state index in [-0.39, 0.29) is 11.8 Å². The largest absolute Gasteiger partial charge is 0.372 e. The zero-order valence-electron chi connectivity index (χ0n) is 12.3. The fourth-order valence-corrected chi connectivity index (χ4v) is 3.63. The molecule has 1 N–H and O–H groups in total. The summed E-state index contributed by atoms with van der Waals surface area (Å²) in [6.45, 7) is 4.92. The lowest BCUT2D eigenvalue weighted by atomic mass is 10.2. The summed E-state index contributed by atoms with van der Waals surface area (Å²) in [5, 5.41) is 3.25. The number of nitrogens with zero attached hydrogens (tertiary/aromatic N) is 1. The second-order valence-electron chi connectivity index (χ2n) is 5.73. The number of sulfone groups is 1. The van der Waals surface area contributed by atoms with Crippen LogP contribution in [-0.4, -0.2) is 39.6 Å². The van der Waals surface area contributed by atoms with Gasteiger partial charge in [-0.2, -0.15) is 0 Å². The Balaban J connectivity index is 1.84. The number of hydrogen-bond acceptors (Lipinski definition) is 4. The summed E-state index contributed by atoms with van der Waals surface area (Å²) in [5.74, 6) is 0.179. The van der Waals surface area contributed by atoms with Gasteiger partial charge >= 0.3 is 0 Å². The molecule has 1 aliphatic heterocycles. The van der Waals surface area contributed by atoms with Crippen LogP contribution >= 0.6 is 0 Å². The fourth-order valence-electron chi connectivity index (χ4n) is 2.61. The first kappa shape index (κ1) is 15.3. The fraction of sp³-hybridized carbons (Fsp3) is 0.600. The zero-order valence-corrected chi connectivity index (χ0v) is 13.1. The highest BCUT2D eigenvalue weighted by atomic mass is 32.2. The van der Waals surface area contributed by atoms with Crippen LogP contribution < -0.4 is 10.2 Å². The molecule has 0 spiro atoms. The number of rotatable bonds is 6. The molecule has 0 bridgehead atoms. The molecule has 1 unspecified atom stereocenters. The number of anilines is 1. The van der Waals surface area contributed by atoms with E-state index in [4.69, 9.17) is 0 Å². The standard InChI is InChI=1S/C15H24N2O2S/c1-13(12-20(2,18)19)16-11-14-5-7-15(8-6-14)17-9-3-4-10-17/h5-8,13,16H,3-4,9-12H2,1-2H3. The molecule has 0 radical (unpaired) electrons. The van der Waals surface area contributed by atoms with Crippen LogP contribution in [0, 0.1) is 0 Å². The third kappa shape index (κ3) is 4.80. The minimum Gasteiger partial charge on any atom is -0.372 e. The second-order valence-corrected chi connectivity index (χ2v) is 7.92. The minimum atomic E-state index is -2.91. The summed E-state index contributed by atoms with van der Waals surface area (Å²) in [4.78, 5) is 2.41. The van der Waals surface area contributed by atoms with E-state index in [9.17, 15) is 8.42 Å². The molecule has 1 aromatic rings. The van der Waals surface area contributed by atoms with Gasteiger partial charge in [-0.25, -0.2) is 8.42 Å². The average Bonchev–Trinajstić information content (AvgIpc) is 2.89. The molecule has 4 nitrogen and oxygen atoms in total. The van der Waals surface area contributed by atoms with Crippen molar-refractivity contribution in [1.82, 2.24) is 5.32 Å². The maximum atomic E-state index is 11.2. The molecule has 0 aromatic heterocycles. The van der Waals surface area contributed by atoms with Crippen LogP contribution in [0.3, 0.4) is 0 Å². The lowest BCUT2D eigenvalue weighted by Gasteiger charge is -2.18. The van der Waals surface area contributed by atoms with E-state index in [1.165, 1.54) is 30.3 Å². The Morgan fingerprint density at radius 2 is 1.80 bits per heavy atom. The van der Waals surface area contributed by atoms with Gasteiger partial charge in [0.2, 0.25) is 0 Å². The molecule has 1 heterocycles. The van der Waals surface area contributed by atoms with E-state index in [1.54, 1.807) is 0 Å². The van der Waals surface area contributed by atoms with Gasteiger partial charge in [-0.1, -0.05) is 12.1 Å². The molecule has 20 heavy (non-hydrogen) atoms. The van der Waals surface area contributed by atoms with Crippen LogP contribution in [0.5, 0.6) is 0 Å². The van der Waals surface area contributed by atoms with Gasteiger partial charge in [0.1, 0.15) is 9.84 Å². The molecule has 1 aliphatic rings. The van der Waals surface area contributed by atoms with Crippen molar-refractivity contribution in [2.24, 2.45) is 0 Å². The van der Waals surface area contributed by atoms with E-state index in [0.717, 1.165) is 13.1 Å². The minimum absolute atomic E-state index is 0.0248. The van der Waals surface area contributed by atoms with Crippen molar-refractivity contribution < 1.29 is 8.42 Å². The SMILES string of the molecule is CC(CS(C)(=O)=O)NCc1ccc(N2CCCC2)cc1. The van der Waals surface area contributed by atoms with Gasteiger partial charge < -0.3 is 10.2 Å². The van der Waals surface area contributed by atoms with Gasteiger partial charge in [-0.3, -0.25) is 0 Å². The summed E-state index contributed by atoms with van der Waals surface area (Å²) in [7, 11) is -2.91. The normalized spacial score (nSPS) is 17.4. The number of benzene rings is 1. The summed E-state index contributed by atoms with van der Waals surface area (Å²) >= 11 is 0. The van der Waals surface area contributed by atoms with Crippen molar-refractivity contribution in [2.45, 2.75) is 32.4 Å². The van der Waals surface area contributed by atoms with Crippen LogP contribution in [0.25, 0.3) is 0 Å². The molecule has 0 amide bonds. The highest BCUT2D eigenvalue weighted by molar-refractivity contribution is 7.90. The topological polar surface area (TPSA) is 49.4 Å². The van der Waals surface area contributed by atoms with E-state index in [2.05, 4.69) is 34.5 Å². The van der Waals surface area contributed by atoms with Crippen LogP contribution in [0.15, 0.2) is 24.3 Å². The molecule has 1 atom stereocenters. The van der Waals surface area contributed by atoms with Crippen molar-refractivity contribution in [1.29, 1.82) is 0 Å². The van der Waals surface area contributed by atoms with Gasteiger partial charge in [-0.15, -0.1) is 0 Å². The third-order valence-corrected chi connectivity index (χ3v) is 4.72. The van der Waals surface area contributed by atoms with E-state index in [0.29, 0.717) is 6.54 Å². The molecule has 0 saturated carbocycles. The van der Waals surface area contributed by atoms with Gasteiger partial charge in [0.15, 0.2) is 0 Å². The molecule has 2 rings (SSSR count). The molecule has 1 fully saturated rings. The molecule has 0 aliphatic carbocycles. The first-order valence-electron chi connectivity index (χ1n) is 7.19. The smallest absolute Gasteiger partial charge is 0.148 e. The van der Waals surface area contributed by atoms with Gasteiger partial charge in [0.25, 0.3) is 0 Å². The van der Waals surface area contributed by atoms with Crippen molar-refractivity contribution >= 4 is 15.5 Å². The van der Waals surface area contributed by atoms with Crippen LogP contribution in [0.2, 0.25) is 0 Å². The van der Waals surface area contributed by atoms with E-state index in [1.807, 2.05) is 6.92 Å². The summed E-state index contributed by atoms with van der Waals surface area (Å²) in [5.41, 5.74) is 2.48. The molecular formula is C15H24N2O2S. The average molecular weight is 296 g/mol. The zero-order chi connectivity index (χ0) is 14.6. The van der Waals surface area contributed by atoms with Crippen molar-refractivity contribution in [3.8, 4) is 0 Å². The lowest BCUT2D eigenvalue weighted by molar-refractivity contribution is 0.560. The molecule has 112 valence electrons. The summed E-state index contributed by atoms with van der Waals surface area (Å²) < 4.78 is 22.4. The Morgan fingerprint density at radius 1 is 1.20 bits per heavy atom. The Kier molecular flexibility index (Phi) is 5.05. The lowest BCUT2D eigenvalue weighted by Crippen LogP contribution is -2.32. The number of nitrogens with one attached hydrogen (secondary N) is 1. The third-order valence-electron chi connectivity index (χ3n) is 3.61.